The SMILES string of the molecule is NC(=O)C1COCCN1CC1CCNC1. The van der Waals surface area contributed by atoms with Gasteiger partial charge in [0.25, 0.3) is 0 Å². The Morgan fingerprint density at radius 3 is 3.13 bits per heavy atom. The van der Waals surface area contributed by atoms with Gasteiger partial charge >= 0.3 is 0 Å². The van der Waals surface area contributed by atoms with Gasteiger partial charge in [0.05, 0.1) is 13.2 Å². The Kier molecular flexibility index (Phi) is 3.56. The lowest BCUT2D eigenvalue weighted by Crippen LogP contribution is -2.53. The average Bonchev–Trinajstić information content (AvgIpc) is 2.71. The van der Waals surface area contributed by atoms with Gasteiger partial charge in [-0.1, -0.05) is 0 Å². The summed E-state index contributed by atoms with van der Waals surface area (Å²) in [5.74, 6) is 0.394. The van der Waals surface area contributed by atoms with Gasteiger partial charge in [-0.25, -0.2) is 0 Å². The van der Waals surface area contributed by atoms with E-state index in [0.29, 0.717) is 19.1 Å². The van der Waals surface area contributed by atoms with Crippen LogP contribution in [0.3, 0.4) is 0 Å². The van der Waals surface area contributed by atoms with Gasteiger partial charge in [-0.15, -0.1) is 0 Å². The van der Waals surface area contributed by atoms with Crippen LogP contribution in [-0.2, 0) is 9.53 Å². The van der Waals surface area contributed by atoms with Crippen LogP contribution in [0.4, 0.5) is 0 Å². The van der Waals surface area contributed by atoms with E-state index >= 15 is 0 Å². The second-order valence-corrected chi connectivity index (χ2v) is 4.35. The number of rotatable bonds is 3. The third kappa shape index (κ3) is 2.68. The molecule has 0 aromatic rings. The molecule has 5 nitrogen and oxygen atoms in total. The fourth-order valence-electron chi connectivity index (χ4n) is 2.32. The number of carbonyl (C=O) groups is 1. The van der Waals surface area contributed by atoms with Gasteiger partial charge in [0, 0.05) is 13.1 Å². The van der Waals surface area contributed by atoms with E-state index in [1.54, 1.807) is 0 Å². The number of primary amides is 1. The zero-order valence-corrected chi connectivity index (χ0v) is 8.95. The topological polar surface area (TPSA) is 67.6 Å². The van der Waals surface area contributed by atoms with E-state index in [0.717, 1.165) is 26.2 Å². The second kappa shape index (κ2) is 4.92. The minimum Gasteiger partial charge on any atom is -0.378 e. The van der Waals surface area contributed by atoms with Crippen molar-refractivity contribution in [3.8, 4) is 0 Å². The first-order valence-electron chi connectivity index (χ1n) is 5.59. The van der Waals surface area contributed by atoms with Crippen LogP contribution in [0.25, 0.3) is 0 Å². The molecule has 5 heteroatoms. The van der Waals surface area contributed by atoms with Gasteiger partial charge in [-0.2, -0.15) is 0 Å². The molecule has 0 aliphatic carbocycles. The summed E-state index contributed by atoms with van der Waals surface area (Å²) < 4.78 is 5.28. The Balaban J connectivity index is 1.89. The van der Waals surface area contributed by atoms with Crippen molar-refractivity contribution >= 4 is 5.91 Å². The van der Waals surface area contributed by atoms with Crippen LogP contribution in [0.5, 0.6) is 0 Å². The van der Waals surface area contributed by atoms with Crippen LogP contribution in [0.1, 0.15) is 6.42 Å². The maximum atomic E-state index is 11.2. The summed E-state index contributed by atoms with van der Waals surface area (Å²) in [6.45, 7) is 5.10. The number of amides is 1. The van der Waals surface area contributed by atoms with Crippen molar-refractivity contribution < 1.29 is 9.53 Å². The molecule has 3 N–H and O–H groups in total. The summed E-state index contributed by atoms with van der Waals surface area (Å²) >= 11 is 0. The largest absolute Gasteiger partial charge is 0.378 e. The third-order valence-electron chi connectivity index (χ3n) is 3.22. The number of carbonyl (C=O) groups excluding carboxylic acids is 1. The summed E-state index contributed by atoms with van der Waals surface area (Å²) in [7, 11) is 0. The van der Waals surface area contributed by atoms with Crippen molar-refractivity contribution in [1.82, 2.24) is 10.2 Å². The Morgan fingerprint density at radius 1 is 1.60 bits per heavy atom. The van der Waals surface area contributed by atoms with Gasteiger partial charge in [0.1, 0.15) is 6.04 Å². The molecular weight excluding hydrogens is 194 g/mol. The van der Waals surface area contributed by atoms with Crippen LogP contribution >= 0.6 is 0 Å². The molecular formula is C10H19N3O2. The number of nitrogens with zero attached hydrogens (tertiary/aromatic N) is 1. The molecule has 15 heavy (non-hydrogen) atoms. The molecule has 2 unspecified atom stereocenters. The number of hydrogen-bond acceptors (Lipinski definition) is 4. The number of nitrogens with one attached hydrogen (secondary N) is 1. The lowest BCUT2D eigenvalue weighted by Gasteiger charge is -2.34. The van der Waals surface area contributed by atoms with E-state index in [2.05, 4.69) is 10.2 Å². The predicted octanol–water partition coefficient (Wildman–Crippen LogP) is -1.22. The first-order valence-corrected chi connectivity index (χ1v) is 5.59. The van der Waals surface area contributed by atoms with Crippen molar-refractivity contribution in [3.05, 3.63) is 0 Å². The molecule has 86 valence electrons. The molecule has 0 aromatic carbocycles. The zero-order chi connectivity index (χ0) is 10.7. The number of ether oxygens (including phenoxy) is 1. The highest BCUT2D eigenvalue weighted by molar-refractivity contribution is 5.80. The first kappa shape index (κ1) is 10.9. The summed E-state index contributed by atoms with van der Waals surface area (Å²) in [6, 6.07) is -0.223. The molecule has 2 atom stereocenters. The Bertz CT molecular complexity index is 229. The molecule has 2 fully saturated rings. The maximum Gasteiger partial charge on any atom is 0.237 e. The molecule has 0 saturated carbocycles. The average molecular weight is 213 g/mol. The monoisotopic (exact) mass is 213 g/mol. The second-order valence-electron chi connectivity index (χ2n) is 4.35. The highest BCUT2D eigenvalue weighted by Crippen LogP contribution is 2.14. The van der Waals surface area contributed by atoms with Crippen LogP contribution in [0.15, 0.2) is 0 Å². The first-order chi connectivity index (χ1) is 7.27. The highest BCUT2D eigenvalue weighted by atomic mass is 16.5. The summed E-state index contributed by atoms with van der Waals surface area (Å²) in [4.78, 5) is 13.4. The standard InChI is InChI=1S/C10H19N3O2/c11-10(14)9-7-15-4-3-13(9)6-8-1-2-12-5-8/h8-9,12H,1-7H2,(H2,11,14). The molecule has 0 radical (unpaired) electrons. The lowest BCUT2D eigenvalue weighted by molar-refractivity contribution is -0.129. The molecule has 2 aliphatic heterocycles. The van der Waals surface area contributed by atoms with E-state index in [4.69, 9.17) is 10.5 Å². The van der Waals surface area contributed by atoms with Gasteiger partial charge in [-0.05, 0) is 25.4 Å². The molecule has 2 heterocycles. The van der Waals surface area contributed by atoms with Gasteiger partial charge in [0.15, 0.2) is 0 Å². The summed E-state index contributed by atoms with van der Waals surface area (Å²) in [5, 5.41) is 3.33. The van der Waals surface area contributed by atoms with Crippen LogP contribution in [0.2, 0.25) is 0 Å². The number of hydrogen-bond donors (Lipinski definition) is 2. The molecule has 2 saturated heterocycles. The van der Waals surface area contributed by atoms with Gasteiger partial charge < -0.3 is 15.8 Å². The maximum absolute atomic E-state index is 11.2. The van der Waals surface area contributed by atoms with Crippen molar-refractivity contribution in [1.29, 1.82) is 0 Å². The molecule has 2 aliphatic rings. The smallest absolute Gasteiger partial charge is 0.237 e. The van der Waals surface area contributed by atoms with Gasteiger partial charge in [-0.3, -0.25) is 9.69 Å². The minimum atomic E-state index is -0.263. The van der Waals surface area contributed by atoms with Crippen LogP contribution in [0, 0.1) is 5.92 Å². The van der Waals surface area contributed by atoms with Gasteiger partial charge in [0.2, 0.25) is 5.91 Å². The fourth-order valence-corrected chi connectivity index (χ4v) is 2.32. The Hall–Kier alpha value is -0.650. The molecule has 0 aromatic heterocycles. The molecule has 0 spiro atoms. The van der Waals surface area contributed by atoms with Crippen molar-refractivity contribution in [3.63, 3.8) is 0 Å². The van der Waals surface area contributed by atoms with E-state index in [-0.39, 0.29) is 11.9 Å². The summed E-state index contributed by atoms with van der Waals surface area (Å²) in [6.07, 6.45) is 1.20. The Morgan fingerprint density at radius 2 is 2.47 bits per heavy atom. The minimum absolute atomic E-state index is 0.223. The molecule has 2 rings (SSSR count). The van der Waals surface area contributed by atoms with E-state index < -0.39 is 0 Å². The van der Waals surface area contributed by atoms with Crippen molar-refractivity contribution in [2.75, 3.05) is 39.4 Å². The third-order valence-corrected chi connectivity index (χ3v) is 3.22. The van der Waals surface area contributed by atoms with Crippen LogP contribution in [-0.4, -0.2) is 56.2 Å². The van der Waals surface area contributed by atoms with Crippen LogP contribution < -0.4 is 11.1 Å². The fraction of sp³-hybridized carbons (Fsp3) is 0.900. The van der Waals surface area contributed by atoms with E-state index in [9.17, 15) is 4.79 Å². The number of nitrogens with two attached hydrogens (primary N) is 1. The van der Waals surface area contributed by atoms with E-state index in [1.165, 1.54) is 6.42 Å². The zero-order valence-electron chi connectivity index (χ0n) is 8.95. The highest BCUT2D eigenvalue weighted by Gasteiger charge is 2.30. The quantitative estimate of drug-likeness (QED) is 0.617. The van der Waals surface area contributed by atoms with Crippen molar-refractivity contribution in [2.24, 2.45) is 11.7 Å². The van der Waals surface area contributed by atoms with E-state index in [1.807, 2.05) is 0 Å². The Labute approximate surface area is 89.9 Å². The normalized spacial score (nSPS) is 33.1. The number of morpholine rings is 1. The summed E-state index contributed by atoms with van der Waals surface area (Å²) in [5.41, 5.74) is 5.36. The molecule has 1 amide bonds. The molecule has 0 bridgehead atoms. The van der Waals surface area contributed by atoms with Crippen molar-refractivity contribution in [2.45, 2.75) is 12.5 Å². The predicted molar refractivity (Wildman–Crippen MR) is 56.4 cm³/mol. The lowest BCUT2D eigenvalue weighted by atomic mass is 10.1.